The lowest BCUT2D eigenvalue weighted by Crippen LogP contribution is -2.28. The summed E-state index contributed by atoms with van der Waals surface area (Å²) in [4.78, 5) is 16.2. The van der Waals surface area contributed by atoms with Gasteiger partial charge in [0.05, 0.1) is 24.7 Å². The smallest absolute Gasteiger partial charge is 0.229 e. The number of carbonyl (C=O) groups is 1. The Bertz CT molecular complexity index is 1520. The molecule has 0 unspecified atom stereocenters. The number of anilines is 1. The first kappa shape index (κ1) is 37.6. The van der Waals surface area contributed by atoms with Gasteiger partial charge >= 0.3 is 0 Å². The SMILES string of the molecule is CCCCc1oc2ccc(NS(C)(=O)=O)cc2c1C(=O)c1ccc(OCCCN(CCCC)CCCC)cc1.CS(=O)(=O)Cl. The highest BCUT2D eigenvalue weighted by Gasteiger charge is 2.22. The van der Waals surface area contributed by atoms with E-state index in [4.69, 9.17) is 9.15 Å². The van der Waals surface area contributed by atoms with Crippen LogP contribution in [0.4, 0.5) is 5.69 Å². The molecule has 0 saturated heterocycles. The van der Waals surface area contributed by atoms with Crippen molar-refractivity contribution < 1.29 is 30.8 Å². The molecule has 246 valence electrons. The minimum atomic E-state index is -3.45. The molecule has 0 aliphatic heterocycles. The van der Waals surface area contributed by atoms with Crippen LogP contribution in [0.5, 0.6) is 5.75 Å². The van der Waals surface area contributed by atoms with Crippen LogP contribution >= 0.6 is 10.7 Å². The van der Waals surface area contributed by atoms with E-state index in [1.165, 1.54) is 25.7 Å². The number of nitrogens with one attached hydrogen (secondary N) is 1. The number of benzene rings is 2. The number of nitrogens with zero attached hydrogens (tertiary/aromatic N) is 1. The van der Waals surface area contributed by atoms with E-state index in [0.717, 1.165) is 57.2 Å². The maximum Gasteiger partial charge on any atom is 0.229 e. The van der Waals surface area contributed by atoms with Gasteiger partial charge in [0.15, 0.2) is 5.78 Å². The highest BCUT2D eigenvalue weighted by molar-refractivity contribution is 8.13. The monoisotopic (exact) mass is 670 g/mol. The average Bonchev–Trinajstić information content (AvgIpc) is 3.30. The highest BCUT2D eigenvalue weighted by atomic mass is 35.7. The van der Waals surface area contributed by atoms with E-state index >= 15 is 0 Å². The molecule has 0 fully saturated rings. The molecule has 0 saturated carbocycles. The van der Waals surface area contributed by atoms with E-state index < -0.39 is 19.1 Å². The van der Waals surface area contributed by atoms with Crippen LogP contribution in [-0.4, -0.2) is 66.3 Å². The topological polar surface area (TPSA) is 123 Å². The van der Waals surface area contributed by atoms with E-state index in [0.29, 0.717) is 46.6 Å². The van der Waals surface area contributed by atoms with Crippen molar-refractivity contribution in [3.05, 3.63) is 59.4 Å². The molecule has 1 N–H and O–H groups in total. The Balaban J connectivity index is 0.00000125. The van der Waals surface area contributed by atoms with Gasteiger partial charge in [-0.1, -0.05) is 40.0 Å². The van der Waals surface area contributed by atoms with Crippen molar-refractivity contribution >= 4 is 52.2 Å². The van der Waals surface area contributed by atoms with Crippen LogP contribution in [0.25, 0.3) is 11.0 Å². The van der Waals surface area contributed by atoms with Gasteiger partial charge in [-0.2, -0.15) is 0 Å². The van der Waals surface area contributed by atoms with Crippen molar-refractivity contribution in [2.24, 2.45) is 0 Å². The number of ketones is 1. The summed E-state index contributed by atoms with van der Waals surface area (Å²) < 4.78 is 56.8. The Morgan fingerprint density at radius 2 is 1.43 bits per heavy atom. The molecule has 12 heteroatoms. The number of unbranched alkanes of at least 4 members (excludes halogenated alkanes) is 3. The minimum absolute atomic E-state index is 0.148. The Morgan fingerprint density at radius 1 is 0.864 bits per heavy atom. The predicted molar refractivity (Wildman–Crippen MR) is 180 cm³/mol. The number of ether oxygens (including phenoxy) is 1. The van der Waals surface area contributed by atoms with E-state index in [-0.39, 0.29) is 5.78 Å². The summed E-state index contributed by atoms with van der Waals surface area (Å²) in [5, 5.41) is 0.607. The Hall–Kier alpha value is -2.60. The van der Waals surface area contributed by atoms with Crippen LogP contribution in [0, 0.1) is 0 Å². The van der Waals surface area contributed by atoms with Crippen molar-refractivity contribution in [2.45, 2.75) is 72.1 Å². The molecule has 0 bridgehead atoms. The zero-order valence-corrected chi connectivity index (χ0v) is 28.9. The normalized spacial score (nSPS) is 11.8. The van der Waals surface area contributed by atoms with Crippen molar-refractivity contribution in [1.29, 1.82) is 0 Å². The maximum atomic E-state index is 13.7. The van der Waals surface area contributed by atoms with Crippen LogP contribution in [0.2, 0.25) is 0 Å². The van der Waals surface area contributed by atoms with Crippen LogP contribution in [0.3, 0.4) is 0 Å². The second kappa shape index (κ2) is 18.4. The van der Waals surface area contributed by atoms with Gasteiger partial charge in [0.1, 0.15) is 17.1 Å². The van der Waals surface area contributed by atoms with Gasteiger partial charge < -0.3 is 14.1 Å². The van der Waals surface area contributed by atoms with Gasteiger partial charge in [0, 0.05) is 40.3 Å². The van der Waals surface area contributed by atoms with Crippen LogP contribution in [-0.2, 0) is 25.5 Å². The molecule has 1 aromatic heterocycles. The number of hydrogen-bond acceptors (Lipinski definition) is 8. The largest absolute Gasteiger partial charge is 0.494 e. The summed E-state index contributed by atoms with van der Waals surface area (Å²) in [6, 6.07) is 12.3. The average molecular weight is 671 g/mol. The third kappa shape index (κ3) is 14.0. The fraction of sp³-hybridized carbons (Fsp3) is 0.531. The zero-order valence-electron chi connectivity index (χ0n) is 26.5. The molecule has 9 nitrogen and oxygen atoms in total. The quantitative estimate of drug-likeness (QED) is 0.0854. The van der Waals surface area contributed by atoms with E-state index in [2.05, 4.69) is 41.1 Å². The molecule has 44 heavy (non-hydrogen) atoms. The van der Waals surface area contributed by atoms with Crippen LogP contribution in [0.1, 0.15) is 87.4 Å². The van der Waals surface area contributed by atoms with Crippen molar-refractivity contribution in [2.75, 3.05) is 43.5 Å². The Labute approximate surface area is 267 Å². The zero-order chi connectivity index (χ0) is 32.8. The Kier molecular flexibility index (Phi) is 15.7. The van der Waals surface area contributed by atoms with Gasteiger partial charge in [-0.15, -0.1) is 0 Å². The van der Waals surface area contributed by atoms with Gasteiger partial charge in [-0.3, -0.25) is 9.52 Å². The lowest BCUT2D eigenvalue weighted by molar-refractivity contribution is 0.103. The first-order valence-electron chi connectivity index (χ1n) is 15.2. The fourth-order valence-corrected chi connectivity index (χ4v) is 5.17. The van der Waals surface area contributed by atoms with E-state index in [1.54, 1.807) is 30.3 Å². The van der Waals surface area contributed by atoms with E-state index in [9.17, 15) is 21.6 Å². The summed E-state index contributed by atoms with van der Waals surface area (Å²) in [6.07, 6.45) is 10.3. The summed E-state index contributed by atoms with van der Waals surface area (Å²) in [5.74, 6) is 1.22. The molecule has 0 aliphatic carbocycles. The number of hydrogen-bond donors (Lipinski definition) is 1. The molecule has 0 amide bonds. The second-order valence-electron chi connectivity index (χ2n) is 10.9. The third-order valence-corrected chi connectivity index (χ3v) is 7.31. The molecule has 3 aromatic rings. The molecule has 0 atom stereocenters. The van der Waals surface area contributed by atoms with Crippen molar-refractivity contribution in [1.82, 2.24) is 4.90 Å². The van der Waals surface area contributed by atoms with E-state index in [1.807, 2.05) is 12.1 Å². The molecule has 2 aromatic carbocycles. The predicted octanol–water partition coefficient (Wildman–Crippen LogP) is 7.23. The highest BCUT2D eigenvalue weighted by Crippen LogP contribution is 2.32. The first-order valence-corrected chi connectivity index (χ1v) is 19.8. The summed E-state index contributed by atoms with van der Waals surface area (Å²) in [5.41, 5.74) is 1.99. The van der Waals surface area contributed by atoms with Gasteiger partial charge in [-0.05, 0) is 81.2 Å². The van der Waals surface area contributed by atoms with Crippen LogP contribution < -0.4 is 9.46 Å². The Morgan fingerprint density at radius 3 is 1.98 bits per heavy atom. The lowest BCUT2D eigenvalue weighted by Gasteiger charge is -2.21. The number of furan rings is 1. The standard InChI is InChI=1S/C31H44N2O5S.CH3ClO2S/c1-5-8-12-29-30(27-23-25(32-39(4,35)36)15-18-28(27)38-29)31(34)24-13-16-26(17-14-24)37-22-11-21-33(19-9-6-2)20-10-7-3;1-5(2,3)4/h13-18,23,32H,5-12,19-22H2,1-4H3;1H3. The van der Waals surface area contributed by atoms with Gasteiger partial charge in [-0.25, -0.2) is 16.8 Å². The minimum Gasteiger partial charge on any atom is -0.494 e. The van der Waals surface area contributed by atoms with Crippen molar-refractivity contribution in [3.8, 4) is 5.75 Å². The molecular formula is C32H47ClN2O7S2. The van der Waals surface area contributed by atoms with Gasteiger partial charge in [0.2, 0.25) is 19.1 Å². The summed E-state index contributed by atoms with van der Waals surface area (Å²) in [6.45, 7) is 10.5. The fourth-order valence-electron chi connectivity index (χ4n) is 4.61. The third-order valence-electron chi connectivity index (χ3n) is 6.71. The van der Waals surface area contributed by atoms with Gasteiger partial charge in [0.25, 0.3) is 0 Å². The maximum absolute atomic E-state index is 13.7. The molecule has 1 heterocycles. The number of carbonyl (C=O) groups excluding carboxylic acids is 1. The second-order valence-corrected chi connectivity index (χ2v) is 15.7. The van der Waals surface area contributed by atoms with Crippen molar-refractivity contribution in [3.63, 3.8) is 0 Å². The number of rotatable bonds is 18. The molecule has 0 aliphatic rings. The molecule has 0 spiro atoms. The lowest BCUT2D eigenvalue weighted by atomic mass is 9.98. The molecular weight excluding hydrogens is 624 g/mol. The summed E-state index contributed by atoms with van der Waals surface area (Å²) in [7, 11) is -2.14. The van der Waals surface area contributed by atoms with Crippen LogP contribution in [0.15, 0.2) is 46.9 Å². The number of halogens is 1. The number of sulfonamides is 1. The molecule has 3 rings (SSSR count). The summed E-state index contributed by atoms with van der Waals surface area (Å²) >= 11 is 0. The number of fused-ring (bicyclic) bond motifs is 1. The number of aryl methyl sites for hydroxylation is 1. The first-order chi connectivity index (χ1) is 20.8. The molecule has 0 radical (unpaired) electrons.